The molecule has 0 fully saturated rings. The lowest BCUT2D eigenvalue weighted by Crippen LogP contribution is -2.01. The Morgan fingerprint density at radius 3 is 2.25 bits per heavy atom. The SMILES string of the molecule is [O-]n1nnnc1-c1nnnn1O. The summed E-state index contributed by atoms with van der Waals surface area (Å²) in [5.74, 6) is -0.475. The first-order valence-electron chi connectivity index (χ1n) is 2.73. The maximum absolute atomic E-state index is 10.7. The highest BCUT2D eigenvalue weighted by atomic mass is 16.5. The Morgan fingerprint density at radius 2 is 1.75 bits per heavy atom. The molecule has 0 saturated heterocycles. The van der Waals surface area contributed by atoms with Crippen LogP contribution < -0.4 is 0 Å². The van der Waals surface area contributed by atoms with Gasteiger partial charge in [-0.3, -0.25) is 4.85 Å². The molecule has 0 radical (unpaired) electrons. The fourth-order valence-electron chi connectivity index (χ4n) is 0.626. The van der Waals surface area contributed by atoms with Crippen molar-refractivity contribution in [3.05, 3.63) is 5.21 Å². The molecule has 0 amide bonds. The highest BCUT2D eigenvalue weighted by Gasteiger charge is 2.12. The van der Waals surface area contributed by atoms with E-state index in [1.165, 1.54) is 0 Å². The summed E-state index contributed by atoms with van der Waals surface area (Å²) < 4.78 is 0. The van der Waals surface area contributed by atoms with Crippen LogP contribution in [0.2, 0.25) is 0 Å². The number of aromatic nitrogens is 8. The van der Waals surface area contributed by atoms with Gasteiger partial charge in [0.25, 0.3) is 5.82 Å². The number of rotatable bonds is 1. The van der Waals surface area contributed by atoms with Gasteiger partial charge in [-0.2, -0.15) is 0 Å². The van der Waals surface area contributed by atoms with Crippen molar-refractivity contribution in [2.24, 2.45) is 0 Å². The minimum Gasteiger partial charge on any atom is -0.787 e. The van der Waals surface area contributed by atoms with Gasteiger partial charge in [0.1, 0.15) is 0 Å². The van der Waals surface area contributed by atoms with Crippen LogP contribution in [-0.4, -0.2) is 45.9 Å². The van der Waals surface area contributed by atoms with E-state index in [-0.39, 0.29) is 16.5 Å². The Hall–Kier alpha value is -2.26. The number of tetrazole rings is 2. The smallest absolute Gasteiger partial charge is 0.260 e. The van der Waals surface area contributed by atoms with E-state index in [2.05, 4.69) is 31.1 Å². The Morgan fingerprint density at radius 1 is 1.08 bits per heavy atom. The van der Waals surface area contributed by atoms with Crippen molar-refractivity contribution < 1.29 is 5.21 Å². The van der Waals surface area contributed by atoms with Gasteiger partial charge >= 0.3 is 0 Å². The van der Waals surface area contributed by atoms with E-state index >= 15 is 0 Å². The predicted molar refractivity (Wildman–Crippen MR) is 30.6 cm³/mol. The molecule has 62 valence electrons. The van der Waals surface area contributed by atoms with Crippen LogP contribution in [-0.2, 0) is 0 Å². The first-order valence-corrected chi connectivity index (χ1v) is 2.73. The first kappa shape index (κ1) is 6.45. The second kappa shape index (κ2) is 2.11. The van der Waals surface area contributed by atoms with Crippen LogP contribution in [0.1, 0.15) is 0 Å². The van der Waals surface area contributed by atoms with Crippen LogP contribution in [0.4, 0.5) is 0 Å². The van der Waals surface area contributed by atoms with Crippen LogP contribution in [0.3, 0.4) is 0 Å². The normalized spacial score (nSPS) is 10.3. The lowest BCUT2D eigenvalue weighted by Gasteiger charge is -2.02. The van der Waals surface area contributed by atoms with Crippen molar-refractivity contribution >= 4 is 0 Å². The number of hydrogen-bond donors (Lipinski definition) is 1. The third-order valence-corrected chi connectivity index (χ3v) is 1.10. The van der Waals surface area contributed by atoms with Crippen LogP contribution >= 0.6 is 0 Å². The third kappa shape index (κ3) is 0.744. The van der Waals surface area contributed by atoms with Gasteiger partial charge in [0.2, 0.25) is 5.82 Å². The molecule has 0 bridgehead atoms. The van der Waals surface area contributed by atoms with Crippen molar-refractivity contribution in [3.8, 4) is 11.6 Å². The average molecular weight is 169 g/mol. The predicted octanol–water partition coefficient (Wildman–Crippen LogP) is -2.09. The highest BCUT2D eigenvalue weighted by Crippen LogP contribution is 2.06. The zero-order valence-electron chi connectivity index (χ0n) is 5.43. The van der Waals surface area contributed by atoms with Gasteiger partial charge in [0, 0.05) is 0 Å². The fourth-order valence-corrected chi connectivity index (χ4v) is 0.626. The average Bonchev–Trinajstić information content (AvgIpc) is 2.59. The molecule has 10 heteroatoms. The summed E-state index contributed by atoms with van der Waals surface area (Å²) in [6.07, 6.45) is 0. The molecule has 0 aromatic carbocycles. The lowest BCUT2D eigenvalue weighted by molar-refractivity contribution is 0.146. The van der Waals surface area contributed by atoms with Gasteiger partial charge in [0.15, 0.2) is 0 Å². The second-order valence-electron chi connectivity index (χ2n) is 1.77. The molecule has 0 aliphatic rings. The molecule has 2 heterocycles. The van der Waals surface area contributed by atoms with Gasteiger partial charge in [-0.05, 0) is 20.9 Å². The summed E-state index contributed by atoms with van der Waals surface area (Å²) in [5.41, 5.74) is 0. The molecular weight excluding hydrogens is 168 g/mol. The standard InChI is InChI=1S/C2HN8O2/c11-9-1(3-5-7-9)2-4-6-8-10(2)12/h11H/q-1. The molecule has 0 aliphatic carbocycles. The Kier molecular flexibility index (Phi) is 1.14. The van der Waals surface area contributed by atoms with Crippen LogP contribution in [0, 0.1) is 5.21 Å². The van der Waals surface area contributed by atoms with Gasteiger partial charge in [-0.25, -0.2) is 0 Å². The second-order valence-corrected chi connectivity index (χ2v) is 1.77. The zero-order chi connectivity index (χ0) is 8.55. The van der Waals surface area contributed by atoms with Crippen molar-refractivity contribution in [1.29, 1.82) is 0 Å². The molecule has 2 aromatic heterocycles. The first-order chi connectivity index (χ1) is 5.79. The largest absolute Gasteiger partial charge is 0.787 e. The molecule has 0 aliphatic heterocycles. The van der Waals surface area contributed by atoms with E-state index in [4.69, 9.17) is 5.21 Å². The molecule has 2 rings (SSSR count). The monoisotopic (exact) mass is 169 g/mol. The Balaban J connectivity index is 2.57. The fraction of sp³-hybridized carbons (Fsp3) is 0. The van der Waals surface area contributed by atoms with Gasteiger partial charge in [-0.1, -0.05) is 4.85 Å². The van der Waals surface area contributed by atoms with E-state index < -0.39 is 0 Å². The number of nitrogens with zero attached hydrogens (tertiary/aromatic N) is 8. The third-order valence-electron chi connectivity index (χ3n) is 1.10. The summed E-state index contributed by atoms with van der Waals surface area (Å²) >= 11 is 0. The molecule has 0 spiro atoms. The van der Waals surface area contributed by atoms with Crippen LogP contribution in [0.5, 0.6) is 0 Å². The maximum atomic E-state index is 10.7. The van der Waals surface area contributed by atoms with E-state index in [0.717, 1.165) is 0 Å². The van der Waals surface area contributed by atoms with Crippen molar-refractivity contribution in [2.75, 3.05) is 0 Å². The van der Waals surface area contributed by atoms with Crippen molar-refractivity contribution in [1.82, 2.24) is 40.7 Å². The lowest BCUT2D eigenvalue weighted by atomic mass is 10.6. The minimum atomic E-state index is -0.262. The Labute approximate surface area is 64.0 Å². The molecule has 0 saturated carbocycles. The molecule has 0 unspecified atom stereocenters. The molecule has 1 N–H and O–H groups in total. The van der Waals surface area contributed by atoms with Crippen LogP contribution in [0.15, 0.2) is 0 Å². The molecular formula is C2HN8O2-. The highest BCUT2D eigenvalue weighted by molar-refractivity contribution is 5.40. The molecule has 2 aromatic rings. The van der Waals surface area contributed by atoms with Gasteiger partial charge in [-0.15, -0.1) is 10.2 Å². The van der Waals surface area contributed by atoms with E-state index in [1.807, 2.05) is 0 Å². The summed E-state index contributed by atoms with van der Waals surface area (Å²) in [7, 11) is 0. The Bertz CT molecular complexity index is 351. The molecule has 10 nitrogen and oxygen atoms in total. The van der Waals surface area contributed by atoms with E-state index in [0.29, 0.717) is 4.85 Å². The van der Waals surface area contributed by atoms with Gasteiger partial charge < -0.3 is 10.4 Å². The topological polar surface area (TPSA) is 130 Å². The maximum Gasteiger partial charge on any atom is 0.260 e. The van der Waals surface area contributed by atoms with Crippen molar-refractivity contribution in [2.45, 2.75) is 0 Å². The molecule has 12 heavy (non-hydrogen) atoms. The van der Waals surface area contributed by atoms with Crippen molar-refractivity contribution in [3.63, 3.8) is 0 Å². The summed E-state index contributed by atoms with van der Waals surface area (Å²) in [4.78, 5) is 0.401. The minimum absolute atomic E-state index is 0.0956. The summed E-state index contributed by atoms with van der Waals surface area (Å²) in [6.45, 7) is 0. The quantitative estimate of drug-likeness (QED) is 0.480. The van der Waals surface area contributed by atoms with Gasteiger partial charge in [0.05, 0.1) is 0 Å². The molecule has 0 atom stereocenters. The van der Waals surface area contributed by atoms with E-state index in [1.54, 1.807) is 0 Å². The summed E-state index contributed by atoms with van der Waals surface area (Å²) in [5, 5.41) is 38.4. The number of hydrogen-bond acceptors (Lipinski definition) is 8. The van der Waals surface area contributed by atoms with Crippen LogP contribution in [0.25, 0.3) is 11.6 Å². The zero-order valence-corrected chi connectivity index (χ0v) is 5.43. The summed E-state index contributed by atoms with van der Waals surface area (Å²) in [6, 6.07) is 0. The van der Waals surface area contributed by atoms with E-state index in [9.17, 15) is 5.21 Å².